The lowest BCUT2D eigenvalue weighted by atomic mass is 9.95. The fourth-order valence-electron chi connectivity index (χ4n) is 4.26. The van der Waals surface area contributed by atoms with Crippen LogP contribution in [-0.4, -0.2) is 54.8 Å². The van der Waals surface area contributed by atoms with Gasteiger partial charge in [0.25, 0.3) is 11.6 Å². The van der Waals surface area contributed by atoms with Gasteiger partial charge in [0.2, 0.25) is 5.78 Å². The summed E-state index contributed by atoms with van der Waals surface area (Å²) in [5.74, 6) is -1.66. The zero-order valence-electron chi connectivity index (χ0n) is 19.6. The number of nitro benzene ring substituents is 1. The first-order valence-electron chi connectivity index (χ1n) is 11.3. The van der Waals surface area contributed by atoms with Gasteiger partial charge in [0.05, 0.1) is 37.7 Å². The van der Waals surface area contributed by atoms with E-state index in [1.54, 1.807) is 18.2 Å². The van der Waals surface area contributed by atoms with Crippen LogP contribution in [0, 0.1) is 10.1 Å². The predicted octanol–water partition coefficient (Wildman–Crippen LogP) is 1.14. The lowest BCUT2D eigenvalue weighted by molar-refractivity contribution is -0.896. The molecule has 2 aromatic rings. The second-order valence-corrected chi connectivity index (χ2v) is 8.11. The molecule has 1 fully saturated rings. The van der Waals surface area contributed by atoms with Gasteiger partial charge >= 0.3 is 0 Å². The number of methoxy groups -OCH3 is 1. The van der Waals surface area contributed by atoms with E-state index in [-0.39, 0.29) is 23.4 Å². The van der Waals surface area contributed by atoms with E-state index in [1.165, 1.54) is 47.2 Å². The Labute approximate surface area is 198 Å². The minimum Gasteiger partial charge on any atom is -0.872 e. The second-order valence-electron chi connectivity index (χ2n) is 8.11. The molecule has 1 saturated heterocycles. The number of nitrogens with one attached hydrogen (secondary N) is 1. The Bertz CT molecular complexity index is 1090. The number of ether oxygens (including phenoxy) is 1. The van der Waals surface area contributed by atoms with Gasteiger partial charge in [-0.15, -0.1) is 0 Å². The number of nitrogens with zero attached hydrogens (tertiary/aromatic N) is 2. The molecular weight excluding hydrogens is 438 g/mol. The number of non-ortho nitro benzene ring substituents is 1. The van der Waals surface area contributed by atoms with Crippen LogP contribution in [0.5, 0.6) is 5.75 Å². The second kappa shape index (κ2) is 10.9. The third-order valence-corrected chi connectivity index (χ3v) is 6.21. The third-order valence-electron chi connectivity index (χ3n) is 6.21. The van der Waals surface area contributed by atoms with Crippen molar-refractivity contribution in [2.24, 2.45) is 0 Å². The van der Waals surface area contributed by atoms with Gasteiger partial charge in [-0.3, -0.25) is 19.7 Å². The highest BCUT2D eigenvalue weighted by molar-refractivity contribution is 6.46. The lowest BCUT2D eigenvalue weighted by Gasteiger charge is -2.28. The maximum atomic E-state index is 13.4. The van der Waals surface area contributed by atoms with Crippen LogP contribution >= 0.6 is 0 Å². The Hall–Kier alpha value is -3.72. The summed E-state index contributed by atoms with van der Waals surface area (Å²) in [6.45, 7) is 7.09. The van der Waals surface area contributed by atoms with Gasteiger partial charge in [-0.2, -0.15) is 0 Å². The summed E-state index contributed by atoms with van der Waals surface area (Å²) in [6.07, 6.45) is 0.630. The van der Waals surface area contributed by atoms with Crippen LogP contribution in [0.25, 0.3) is 5.76 Å². The number of benzene rings is 2. The molecule has 1 aliphatic rings. The Morgan fingerprint density at radius 2 is 1.79 bits per heavy atom. The van der Waals surface area contributed by atoms with Crippen LogP contribution in [-0.2, 0) is 9.59 Å². The molecule has 0 aromatic heterocycles. The van der Waals surface area contributed by atoms with Gasteiger partial charge in [-0.1, -0.05) is 30.0 Å². The van der Waals surface area contributed by atoms with Crippen molar-refractivity contribution in [1.29, 1.82) is 0 Å². The third kappa shape index (κ3) is 5.09. The van der Waals surface area contributed by atoms with E-state index >= 15 is 0 Å². The van der Waals surface area contributed by atoms with E-state index in [2.05, 4.69) is 13.8 Å². The van der Waals surface area contributed by atoms with Gasteiger partial charge in [0.1, 0.15) is 5.75 Å². The molecule has 3 rings (SSSR count). The van der Waals surface area contributed by atoms with Crippen molar-refractivity contribution < 1.29 is 29.3 Å². The van der Waals surface area contributed by atoms with Crippen molar-refractivity contribution in [2.45, 2.75) is 26.3 Å². The molecule has 1 N–H and O–H groups in total. The maximum absolute atomic E-state index is 13.4. The topological polar surface area (TPSA) is 117 Å². The summed E-state index contributed by atoms with van der Waals surface area (Å²) >= 11 is 0. The van der Waals surface area contributed by atoms with Crippen LogP contribution < -0.4 is 14.7 Å². The number of carbonyl (C=O) groups is 2. The highest BCUT2D eigenvalue weighted by Crippen LogP contribution is 2.39. The number of carbonyl (C=O) groups excluding carboxylic acids is 2. The number of Topliss-reactive ketones (excluding diaryl/α,β-unsaturated/α-hetero) is 1. The van der Waals surface area contributed by atoms with E-state index in [0.29, 0.717) is 17.7 Å². The van der Waals surface area contributed by atoms with Gasteiger partial charge in [0, 0.05) is 30.7 Å². The van der Waals surface area contributed by atoms with E-state index in [1.807, 2.05) is 0 Å². The van der Waals surface area contributed by atoms with Gasteiger partial charge in [-0.25, -0.2) is 0 Å². The predicted molar refractivity (Wildman–Crippen MR) is 124 cm³/mol. The zero-order chi connectivity index (χ0) is 24.8. The van der Waals surface area contributed by atoms with Crippen molar-refractivity contribution in [2.75, 3.05) is 33.3 Å². The van der Waals surface area contributed by atoms with Crippen molar-refractivity contribution in [3.8, 4) is 5.75 Å². The fraction of sp³-hybridized carbons (Fsp3) is 0.360. The summed E-state index contributed by atoms with van der Waals surface area (Å²) in [6, 6.07) is 11.0. The molecular formula is C25H29N3O6. The van der Waals surface area contributed by atoms with Crippen LogP contribution in [0.3, 0.4) is 0 Å². The quantitative estimate of drug-likeness (QED) is 0.184. The van der Waals surface area contributed by atoms with Gasteiger partial charge < -0.3 is 19.6 Å². The molecule has 0 bridgehead atoms. The molecule has 0 radical (unpaired) electrons. The number of ketones is 1. The number of rotatable bonds is 10. The monoisotopic (exact) mass is 467 g/mol. The number of hydrogen-bond acceptors (Lipinski definition) is 6. The van der Waals surface area contributed by atoms with Gasteiger partial charge in [-0.05, 0) is 37.1 Å². The molecule has 1 atom stereocenters. The molecule has 34 heavy (non-hydrogen) atoms. The average molecular weight is 468 g/mol. The van der Waals surface area contributed by atoms with Crippen molar-refractivity contribution in [3.63, 3.8) is 0 Å². The minimum atomic E-state index is -0.985. The summed E-state index contributed by atoms with van der Waals surface area (Å²) in [5, 5.41) is 24.8. The highest BCUT2D eigenvalue weighted by Gasteiger charge is 2.44. The fourth-order valence-corrected chi connectivity index (χ4v) is 4.26. The molecule has 1 amide bonds. The van der Waals surface area contributed by atoms with E-state index in [0.717, 1.165) is 19.6 Å². The minimum absolute atomic E-state index is 0.173. The SMILES string of the molecule is CC[NH+](CC)CCCN1C(=O)C(=O)/C(=C(/[O-])c2ccc(OC)cc2)C1c1cccc([N+](=O)[O-])c1. The molecule has 9 nitrogen and oxygen atoms in total. The standard InChI is InChI=1S/C25H29N3O6/c1-4-26(5-2)14-7-15-27-22(18-8-6-9-19(16-18)28(32)33)21(24(30)25(27)31)23(29)17-10-12-20(34-3)13-11-17/h6,8-13,16,22,29H,4-5,7,14-15H2,1-3H3/b23-21+. The van der Waals surface area contributed by atoms with E-state index in [9.17, 15) is 24.8 Å². The number of hydrogen-bond donors (Lipinski definition) is 1. The summed E-state index contributed by atoms with van der Waals surface area (Å²) in [4.78, 5) is 39.6. The Balaban J connectivity index is 2.07. The number of nitro groups is 1. The molecule has 1 unspecified atom stereocenters. The smallest absolute Gasteiger partial charge is 0.295 e. The first-order chi connectivity index (χ1) is 16.3. The van der Waals surface area contributed by atoms with Crippen LogP contribution in [0.1, 0.15) is 37.4 Å². The molecule has 9 heteroatoms. The van der Waals surface area contributed by atoms with Crippen molar-refractivity contribution >= 4 is 23.1 Å². The molecule has 180 valence electrons. The molecule has 1 heterocycles. The van der Waals surface area contributed by atoms with Crippen LogP contribution in [0.15, 0.2) is 54.1 Å². The summed E-state index contributed by atoms with van der Waals surface area (Å²) in [5.41, 5.74) is 0.237. The summed E-state index contributed by atoms with van der Waals surface area (Å²) in [7, 11) is 1.50. The van der Waals surface area contributed by atoms with E-state index < -0.39 is 28.4 Å². The zero-order valence-corrected chi connectivity index (χ0v) is 19.6. The Morgan fingerprint density at radius 3 is 2.38 bits per heavy atom. The van der Waals surface area contributed by atoms with Crippen LogP contribution in [0.4, 0.5) is 5.69 Å². The molecule has 0 saturated carbocycles. The first-order valence-corrected chi connectivity index (χ1v) is 11.3. The molecule has 0 spiro atoms. The van der Waals surface area contributed by atoms with Crippen LogP contribution in [0.2, 0.25) is 0 Å². The normalized spacial score (nSPS) is 17.4. The molecule has 2 aromatic carbocycles. The largest absolute Gasteiger partial charge is 0.872 e. The molecule has 0 aliphatic carbocycles. The van der Waals surface area contributed by atoms with Gasteiger partial charge in [0.15, 0.2) is 0 Å². The Morgan fingerprint density at radius 1 is 1.12 bits per heavy atom. The molecule has 1 aliphatic heterocycles. The van der Waals surface area contributed by atoms with Crippen molar-refractivity contribution in [1.82, 2.24) is 4.90 Å². The number of likely N-dealkylation sites (tertiary alicyclic amines) is 1. The summed E-state index contributed by atoms with van der Waals surface area (Å²) < 4.78 is 5.12. The number of amides is 1. The lowest BCUT2D eigenvalue weighted by Crippen LogP contribution is -3.11. The van der Waals surface area contributed by atoms with Crippen molar-refractivity contribution in [3.05, 3.63) is 75.3 Å². The Kier molecular flexibility index (Phi) is 8.01. The highest BCUT2D eigenvalue weighted by atomic mass is 16.6. The average Bonchev–Trinajstić information content (AvgIpc) is 3.11. The maximum Gasteiger partial charge on any atom is 0.295 e. The van der Waals surface area contributed by atoms with E-state index in [4.69, 9.17) is 4.74 Å². The number of quaternary nitrogens is 1. The first kappa shape index (κ1) is 24.9.